The first-order chi connectivity index (χ1) is 47.7. The molecule has 446 valence electrons. The molecule has 0 unspecified atom stereocenters. The zero-order valence-corrected chi connectivity index (χ0v) is 51.8. The summed E-state index contributed by atoms with van der Waals surface area (Å²) in [5.41, 5.74) is 25.8. The van der Waals surface area contributed by atoms with Crippen molar-refractivity contribution < 1.29 is 8.83 Å². The van der Waals surface area contributed by atoms with Crippen molar-refractivity contribution in [2.24, 2.45) is 0 Å². The van der Waals surface area contributed by atoms with Crippen LogP contribution in [0.1, 0.15) is 0 Å². The SMILES string of the molecule is c1ccc(-c2cccc3c2oc2c(N(c4ccccc4)c4ccc5c(c4)c4cccc6c7c(-c8ccccc8)c8c(c(-c9ccccc9)c7n5c46)c4cccc5c6cc(N(c7ccccc7)c7cccc9c7oc7c(-c%10ccccc%10)cccc79)ccc6n8c54)cccc23)cc1. The van der Waals surface area contributed by atoms with Crippen LogP contribution in [0.4, 0.5) is 34.1 Å². The highest BCUT2D eigenvalue weighted by molar-refractivity contribution is 6.38. The van der Waals surface area contributed by atoms with Crippen LogP contribution < -0.4 is 9.80 Å². The third-order valence-electron chi connectivity index (χ3n) is 20.3. The van der Waals surface area contributed by atoms with Crippen molar-refractivity contribution in [2.45, 2.75) is 0 Å². The van der Waals surface area contributed by atoms with Crippen LogP contribution in [0, 0.1) is 0 Å². The van der Waals surface area contributed by atoms with Crippen molar-refractivity contribution >= 4 is 154 Å². The van der Waals surface area contributed by atoms with E-state index in [1.54, 1.807) is 0 Å². The number of anilines is 6. The van der Waals surface area contributed by atoms with Crippen molar-refractivity contribution in [1.82, 2.24) is 8.80 Å². The van der Waals surface area contributed by atoms with E-state index >= 15 is 0 Å². The molecular weight excluding hydrogens is 1170 g/mol. The molecule has 0 atom stereocenters. The van der Waals surface area contributed by atoms with Crippen molar-refractivity contribution in [1.29, 1.82) is 0 Å². The summed E-state index contributed by atoms with van der Waals surface area (Å²) in [7, 11) is 0. The molecule has 0 aliphatic heterocycles. The van der Waals surface area contributed by atoms with Gasteiger partial charge in [0, 0.05) is 110 Å². The fourth-order valence-corrected chi connectivity index (χ4v) is 16.4. The zero-order valence-electron chi connectivity index (χ0n) is 51.8. The minimum absolute atomic E-state index is 0.840. The normalized spacial score (nSPS) is 12.2. The number of para-hydroxylation sites is 8. The van der Waals surface area contributed by atoms with E-state index in [2.05, 4.69) is 346 Å². The summed E-state index contributed by atoms with van der Waals surface area (Å²) in [6.45, 7) is 0. The van der Waals surface area contributed by atoms with E-state index in [0.29, 0.717) is 0 Å². The lowest BCUT2D eigenvalue weighted by Crippen LogP contribution is -2.10. The lowest BCUT2D eigenvalue weighted by atomic mass is 9.89. The highest BCUT2D eigenvalue weighted by atomic mass is 16.3. The number of fused-ring (bicyclic) bond motifs is 18. The number of hydrogen-bond acceptors (Lipinski definition) is 4. The van der Waals surface area contributed by atoms with Crippen LogP contribution in [0.3, 0.4) is 0 Å². The molecule has 6 heteroatoms. The molecule has 0 aliphatic carbocycles. The van der Waals surface area contributed by atoms with Gasteiger partial charge in [0.25, 0.3) is 0 Å². The molecular formula is C90H54N4O2. The fraction of sp³-hybridized carbons (Fsp3) is 0. The van der Waals surface area contributed by atoms with Gasteiger partial charge in [0.15, 0.2) is 11.2 Å². The minimum Gasteiger partial charge on any atom is -0.453 e. The number of nitrogens with zero attached hydrogens (tertiary/aromatic N) is 4. The molecule has 0 saturated heterocycles. The number of rotatable bonds is 10. The Bertz CT molecular complexity index is 6260. The fourth-order valence-electron chi connectivity index (χ4n) is 16.4. The Labute approximate surface area is 550 Å². The van der Waals surface area contributed by atoms with Crippen molar-refractivity contribution in [3.63, 3.8) is 0 Å². The van der Waals surface area contributed by atoms with E-state index in [9.17, 15) is 0 Å². The molecule has 0 saturated carbocycles. The van der Waals surface area contributed by atoms with Crippen molar-refractivity contribution in [3.8, 4) is 44.5 Å². The van der Waals surface area contributed by atoms with Gasteiger partial charge in [-0.1, -0.05) is 255 Å². The molecule has 0 spiro atoms. The van der Waals surface area contributed by atoms with Gasteiger partial charge in [-0.2, -0.15) is 0 Å². The quantitative estimate of drug-likeness (QED) is 0.137. The van der Waals surface area contributed by atoms with E-state index in [4.69, 9.17) is 8.83 Å². The maximum absolute atomic E-state index is 7.15. The molecule has 0 N–H and O–H groups in total. The molecule has 21 rings (SSSR count). The summed E-state index contributed by atoms with van der Waals surface area (Å²) in [5, 5.41) is 13.9. The maximum Gasteiger partial charge on any atom is 0.159 e. The Morgan fingerprint density at radius 1 is 0.219 bits per heavy atom. The standard InChI is InChI=1S/C90H54N4O2/c1-7-25-55(26-8-1)63-37-19-41-67-69-43-23-47-77(89(69)95-87(63)67)91(59-33-15-5-16-34-59)61-49-51-75-73(53-61)65-39-21-45-71-81-80(58-31-13-4-14-32-58)86-82(79(57-29-11-3-12-30-57)85(81)93(75)83(65)71)72-46-22-40-66-74-54-62(50-52-76(74)94(86)84(66)72)92(60-35-17-6-18-36-60)78-48-24-44-70-68-42-20-38-64(88(68)96-90(70)78)56-27-9-2-10-28-56/h1-54H. The lowest BCUT2D eigenvalue weighted by Gasteiger charge is -2.25. The average molecular weight is 1220 g/mol. The van der Waals surface area contributed by atoms with E-state index in [1.807, 2.05) is 0 Å². The molecule has 0 aliphatic rings. The summed E-state index contributed by atoms with van der Waals surface area (Å²) in [6.07, 6.45) is 0. The Hall–Kier alpha value is -12.9. The van der Waals surface area contributed by atoms with Crippen LogP contribution in [0.15, 0.2) is 336 Å². The third-order valence-corrected chi connectivity index (χ3v) is 20.3. The lowest BCUT2D eigenvalue weighted by molar-refractivity contribution is 0.670. The molecule has 6 nitrogen and oxygen atoms in total. The first kappa shape index (κ1) is 52.7. The molecule has 6 heterocycles. The highest BCUT2D eigenvalue weighted by Gasteiger charge is 2.32. The summed E-state index contributed by atoms with van der Waals surface area (Å²) < 4.78 is 19.5. The second kappa shape index (κ2) is 20.3. The first-order valence-corrected chi connectivity index (χ1v) is 32.9. The Morgan fingerprint density at radius 3 is 0.938 bits per heavy atom. The van der Waals surface area contributed by atoms with Crippen molar-refractivity contribution in [3.05, 3.63) is 328 Å². The van der Waals surface area contributed by atoms with Gasteiger partial charge in [0.2, 0.25) is 0 Å². The zero-order chi connectivity index (χ0) is 62.7. The first-order valence-electron chi connectivity index (χ1n) is 32.9. The van der Waals surface area contributed by atoms with Gasteiger partial charge in [-0.05, 0) is 95.1 Å². The van der Waals surface area contributed by atoms with Gasteiger partial charge in [0.05, 0.1) is 44.5 Å². The van der Waals surface area contributed by atoms with Crippen LogP contribution in [0.2, 0.25) is 0 Å². The Kier molecular flexibility index (Phi) is 11.1. The van der Waals surface area contributed by atoms with Gasteiger partial charge >= 0.3 is 0 Å². The van der Waals surface area contributed by atoms with E-state index in [1.165, 1.54) is 76.3 Å². The smallest absolute Gasteiger partial charge is 0.159 e. The third kappa shape index (κ3) is 7.40. The number of furan rings is 2. The average Bonchev–Trinajstić information content (AvgIpc) is 1.50. The predicted octanol–water partition coefficient (Wildman–Crippen LogP) is 25.4. The van der Waals surface area contributed by atoms with E-state index < -0.39 is 0 Å². The second-order valence-electron chi connectivity index (χ2n) is 25.4. The predicted molar refractivity (Wildman–Crippen MR) is 401 cm³/mol. The van der Waals surface area contributed by atoms with E-state index in [-0.39, 0.29) is 0 Å². The minimum atomic E-state index is 0.840. The highest BCUT2D eigenvalue weighted by Crippen LogP contribution is 2.56. The largest absolute Gasteiger partial charge is 0.453 e. The molecule has 21 aromatic rings. The van der Waals surface area contributed by atoms with Gasteiger partial charge in [-0.3, -0.25) is 0 Å². The van der Waals surface area contributed by atoms with Gasteiger partial charge < -0.3 is 27.4 Å². The molecule has 15 aromatic carbocycles. The number of benzene rings is 15. The maximum atomic E-state index is 7.15. The summed E-state index contributed by atoms with van der Waals surface area (Å²) in [5.74, 6) is 0. The van der Waals surface area contributed by atoms with Crippen LogP contribution in [0.5, 0.6) is 0 Å². The Morgan fingerprint density at radius 2 is 0.542 bits per heavy atom. The van der Waals surface area contributed by atoms with Crippen LogP contribution in [-0.4, -0.2) is 8.80 Å². The molecule has 0 amide bonds. The van der Waals surface area contributed by atoms with Crippen molar-refractivity contribution in [2.75, 3.05) is 9.80 Å². The molecule has 0 bridgehead atoms. The van der Waals surface area contributed by atoms with Gasteiger partial charge in [-0.25, -0.2) is 0 Å². The number of hydrogen-bond donors (Lipinski definition) is 0. The topological polar surface area (TPSA) is 41.6 Å². The second-order valence-corrected chi connectivity index (χ2v) is 25.4. The molecule has 6 aromatic heterocycles. The molecule has 0 fully saturated rings. The van der Waals surface area contributed by atoms with Crippen LogP contribution >= 0.6 is 0 Å². The Balaban J connectivity index is 0.819. The summed E-state index contributed by atoms with van der Waals surface area (Å²) in [6, 6.07) is 119. The monoisotopic (exact) mass is 1220 g/mol. The summed E-state index contributed by atoms with van der Waals surface area (Å²) in [4.78, 5) is 4.75. The van der Waals surface area contributed by atoms with Crippen LogP contribution in [0.25, 0.3) is 165 Å². The molecule has 96 heavy (non-hydrogen) atoms. The number of aromatic nitrogens is 2. The van der Waals surface area contributed by atoms with Crippen LogP contribution in [-0.2, 0) is 0 Å². The molecule has 0 radical (unpaired) electrons. The van der Waals surface area contributed by atoms with Gasteiger partial charge in [-0.15, -0.1) is 0 Å². The summed E-state index contributed by atoms with van der Waals surface area (Å²) >= 11 is 0. The van der Waals surface area contributed by atoms with E-state index in [0.717, 1.165) is 122 Å². The van der Waals surface area contributed by atoms with Gasteiger partial charge in [0.1, 0.15) is 11.2 Å².